The van der Waals surface area contributed by atoms with Crippen molar-refractivity contribution in [1.29, 1.82) is 0 Å². The van der Waals surface area contributed by atoms with Crippen LogP contribution < -0.4 is 4.74 Å². The first-order valence-electron chi connectivity index (χ1n) is 9.18. The van der Waals surface area contributed by atoms with Crippen molar-refractivity contribution < 1.29 is 19.1 Å². The maximum absolute atomic E-state index is 13.0. The minimum atomic E-state index is -0.675. The molecule has 1 aliphatic rings. The number of aromatic nitrogens is 1. The predicted molar refractivity (Wildman–Crippen MR) is 109 cm³/mol. The van der Waals surface area contributed by atoms with Crippen molar-refractivity contribution in [3.63, 3.8) is 0 Å². The molecule has 0 unspecified atom stereocenters. The number of hydrogen-bond donors (Lipinski definition) is 0. The van der Waals surface area contributed by atoms with Crippen LogP contribution in [0.1, 0.15) is 11.1 Å². The molecule has 0 bridgehead atoms. The summed E-state index contributed by atoms with van der Waals surface area (Å²) in [5.74, 6) is -0.272. The lowest BCUT2D eigenvalue weighted by molar-refractivity contribution is -0.154. The van der Waals surface area contributed by atoms with E-state index in [2.05, 4.69) is 4.98 Å². The van der Waals surface area contributed by atoms with Crippen molar-refractivity contribution in [3.05, 3.63) is 70.9 Å². The Balaban J connectivity index is 1.56. The lowest BCUT2D eigenvalue weighted by Crippen LogP contribution is -2.50. The third kappa shape index (κ3) is 3.76. The number of pyridine rings is 1. The molecule has 0 fully saturated rings. The molecule has 1 aromatic heterocycles. The molecular weight excluding hydrogens is 392 g/mol. The standard InChI is InChI=1S/C22H19ClN2O4/c1-28-22(27)18-11-14-5-2-3-6-15(14)12-25(18)20(26)13-29-19-9-8-17(23)16-7-4-10-24-21(16)19/h2-10,18H,11-13H2,1H3/t18-/m0/s1. The van der Waals surface area contributed by atoms with Crippen LogP contribution in [0.15, 0.2) is 54.7 Å². The van der Waals surface area contributed by atoms with Crippen LogP contribution in [0.2, 0.25) is 5.02 Å². The fourth-order valence-corrected chi connectivity index (χ4v) is 3.80. The van der Waals surface area contributed by atoms with Gasteiger partial charge in [-0.05, 0) is 35.4 Å². The first kappa shape index (κ1) is 19.2. The Morgan fingerprint density at radius 1 is 1.14 bits per heavy atom. The average molecular weight is 411 g/mol. The monoisotopic (exact) mass is 410 g/mol. The lowest BCUT2D eigenvalue weighted by Gasteiger charge is -2.35. The number of amides is 1. The van der Waals surface area contributed by atoms with E-state index in [-0.39, 0.29) is 12.5 Å². The van der Waals surface area contributed by atoms with Crippen LogP contribution in [0.25, 0.3) is 10.9 Å². The smallest absolute Gasteiger partial charge is 0.328 e. The number of carbonyl (C=O) groups excluding carboxylic acids is 2. The van der Waals surface area contributed by atoms with Gasteiger partial charge in [-0.2, -0.15) is 0 Å². The Morgan fingerprint density at radius 2 is 1.93 bits per heavy atom. The predicted octanol–water partition coefficient (Wildman–Crippen LogP) is 3.39. The van der Waals surface area contributed by atoms with E-state index in [4.69, 9.17) is 21.1 Å². The normalized spacial score (nSPS) is 15.7. The number of hydrogen-bond acceptors (Lipinski definition) is 5. The van der Waals surface area contributed by atoms with Gasteiger partial charge in [0.2, 0.25) is 0 Å². The van der Waals surface area contributed by atoms with Crippen LogP contribution >= 0.6 is 11.6 Å². The summed E-state index contributed by atoms with van der Waals surface area (Å²) >= 11 is 6.21. The van der Waals surface area contributed by atoms with Crippen molar-refractivity contribution in [2.24, 2.45) is 0 Å². The zero-order chi connectivity index (χ0) is 20.4. The third-order valence-corrected chi connectivity index (χ3v) is 5.40. The van der Waals surface area contributed by atoms with Crippen LogP contribution in [0.4, 0.5) is 0 Å². The van der Waals surface area contributed by atoms with Crippen molar-refractivity contribution in [1.82, 2.24) is 9.88 Å². The molecule has 7 heteroatoms. The van der Waals surface area contributed by atoms with Crippen molar-refractivity contribution in [2.45, 2.75) is 19.0 Å². The third-order valence-electron chi connectivity index (χ3n) is 5.07. The lowest BCUT2D eigenvalue weighted by atomic mass is 9.94. The van der Waals surface area contributed by atoms with Gasteiger partial charge in [-0.25, -0.2) is 4.79 Å². The maximum atomic E-state index is 13.0. The summed E-state index contributed by atoms with van der Waals surface area (Å²) in [7, 11) is 1.33. The molecule has 0 N–H and O–H groups in total. The molecule has 4 rings (SSSR count). The number of carbonyl (C=O) groups is 2. The highest BCUT2D eigenvalue weighted by Gasteiger charge is 2.35. The van der Waals surface area contributed by atoms with E-state index < -0.39 is 12.0 Å². The molecule has 2 aromatic carbocycles. The van der Waals surface area contributed by atoms with Gasteiger partial charge in [-0.1, -0.05) is 35.9 Å². The zero-order valence-electron chi connectivity index (χ0n) is 15.8. The van der Waals surface area contributed by atoms with Crippen LogP contribution in [-0.2, 0) is 27.3 Å². The average Bonchev–Trinajstić information content (AvgIpc) is 2.77. The van der Waals surface area contributed by atoms with Crippen LogP contribution in [0.5, 0.6) is 5.75 Å². The Labute approximate surface area is 173 Å². The molecule has 0 saturated heterocycles. The molecule has 2 heterocycles. The second-order valence-corrected chi connectivity index (χ2v) is 7.17. The Bertz CT molecular complexity index is 1090. The van der Waals surface area contributed by atoms with Crippen molar-refractivity contribution in [2.75, 3.05) is 13.7 Å². The fraction of sp³-hybridized carbons (Fsp3) is 0.227. The summed E-state index contributed by atoms with van der Waals surface area (Å²) in [4.78, 5) is 31.1. The van der Waals surface area contributed by atoms with Crippen molar-refractivity contribution >= 4 is 34.4 Å². The van der Waals surface area contributed by atoms with Crippen LogP contribution in [0, 0.1) is 0 Å². The maximum Gasteiger partial charge on any atom is 0.328 e. The first-order chi connectivity index (χ1) is 14.1. The van der Waals surface area contributed by atoms with E-state index >= 15 is 0 Å². The molecule has 0 spiro atoms. The Kier molecular flexibility index (Phi) is 5.36. The molecule has 0 aliphatic carbocycles. The van der Waals surface area contributed by atoms with Gasteiger partial charge in [0.15, 0.2) is 6.61 Å². The number of esters is 1. The molecule has 1 amide bonds. The van der Waals surface area contributed by atoms with E-state index in [0.29, 0.717) is 29.3 Å². The van der Waals surface area contributed by atoms with Gasteiger partial charge in [-0.15, -0.1) is 0 Å². The van der Waals surface area contributed by atoms with E-state index in [1.165, 1.54) is 12.0 Å². The van der Waals surface area contributed by atoms with Crippen LogP contribution in [0.3, 0.4) is 0 Å². The van der Waals surface area contributed by atoms with E-state index in [0.717, 1.165) is 16.5 Å². The van der Waals surface area contributed by atoms with Gasteiger partial charge < -0.3 is 14.4 Å². The molecule has 148 valence electrons. The molecule has 1 atom stereocenters. The molecular formula is C22H19ClN2O4. The Morgan fingerprint density at radius 3 is 2.72 bits per heavy atom. The number of ether oxygens (including phenoxy) is 2. The second kappa shape index (κ2) is 8.09. The van der Waals surface area contributed by atoms with Gasteiger partial charge in [0, 0.05) is 24.5 Å². The minimum Gasteiger partial charge on any atom is -0.481 e. The summed E-state index contributed by atoms with van der Waals surface area (Å²) in [5, 5.41) is 1.31. The summed E-state index contributed by atoms with van der Waals surface area (Å²) in [5.41, 5.74) is 2.64. The number of fused-ring (bicyclic) bond motifs is 2. The number of methoxy groups -OCH3 is 1. The number of benzene rings is 2. The highest BCUT2D eigenvalue weighted by molar-refractivity contribution is 6.35. The molecule has 6 nitrogen and oxygen atoms in total. The van der Waals surface area contributed by atoms with Gasteiger partial charge in [0.25, 0.3) is 5.91 Å². The molecule has 3 aromatic rings. The summed E-state index contributed by atoms with van der Waals surface area (Å²) in [6.45, 7) is 0.112. The van der Waals surface area contributed by atoms with E-state index in [1.54, 1.807) is 24.4 Å². The van der Waals surface area contributed by atoms with Gasteiger partial charge in [-0.3, -0.25) is 9.78 Å². The topological polar surface area (TPSA) is 68.7 Å². The zero-order valence-corrected chi connectivity index (χ0v) is 16.6. The quantitative estimate of drug-likeness (QED) is 0.617. The second-order valence-electron chi connectivity index (χ2n) is 6.77. The van der Waals surface area contributed by atoms with Crippen molar-refractivity contribution in [3.8, 4) is 5.75 Å². The SMILES string of the molecule is COC(=O)[C@@H]1Cc2ccccc2CN1C(=O)COc1ccc(Cl)c2cccnc12. The highest BCUT2D eigenvalue weighted by Crippen LogP contribution is 2.30. The molecule has 0 radical (unpaired) electrons. The van der Waals surface area contributed by atoms with E-state index in [9.17, 15) is 9.59 Å². The van der Waals surface area contributed by atoms with Gasteiger partial charge in [0.1, 0.15) is 17.3 Å². The highest BCUT2D eigenvalue weighted by atomic mass is 35.5. The fourth-order valence-electron chi connectivity index (χ4n) is 3.58. The largest absolute Gasteiger partial charge is 0.481 e. The first-order valence-corrected chi connectivity index (χ1v) is 9.56. The summed E-state index contributed by atoms with van der Waals surface area (Å²) < 4.78 is 10.7. The van der Waals surface area contributed by atoms with Gasteiger partial charge in [0.05, 0.1) is 12.1 Å². The number of nitrogens with zero attached hydrogens (tertiary/aromatic N) is 2. The number of halogens is 1. The van der Waals surface area contributed by atoms with Crippen LogP contribution in [-0.4, -0.2) is 41.5 Å². The molecule has 29 heavy (non-hydrogen) atoms. The number of rotatable bonds is 4. The Hall–Kier alpha value is -3.12. The van der Waals surface area contributed by atoms with E-state index in [1.807, 2.05) is 30.3 Å². The molecule has 0 saturated carbocycles. The minimum absolute atomic E-state index is 0.219. The molecule has 1 aliphatic heterocycles. The summed E-state index contributed by atoms with van der Waals surface area (Å²) in [6, 6.07) is 14.1. The summed E-state index contributed by atoms with van der Waals surface area (Å²) in [6.07, 6.45) is 2.06. The van der Waals surface area contributed by atoms with Gasteiger partial charge >= 0.3 is 5.97 Å².